The van der Waals surface area contributed by atoms with E-state index in [0.717, 1.165) is 73.5 Å². The third-order valence-corrected chi connectivity index (χ3v) is 17.0. The quantitative estimate of drug-likeness (QED) is 0.0552. The first kappa shape index (κ1) is 58.4. The number of aromatic hydroxyl groups is 1. The normalized spacial score (nSPS) is 15.3. The van der Waals surface area contributed by atoms with Crippen molar-refractivity contribution in [3.63, 3.8) is 0 Å². The van der Waals surface area contributed by atoms with E-state index in [-0.39, 0.29) is 54.5 Å². The van der Waals surface area contributed by atoms with E-state index >= 15 is 0 Å². The molecule has 2 saturated heterocycles. The predicted octanol–water partition coefficient (Wildman–Crippen LogP) is 16.3. The van der Waals surface area contributed by atoms with Gasteiger partial charge in [0.15, 0.2) is 11.5 Å². The van der Waals surface area contributed by atoms with E-state index in [2.05, 4.69) is 9.80 Å². The van der Waals surface area contributed by atoms with Gasteiger partial charge in [-0.05, 0) is 190 Å². The van der Waals surface area contributed by atoms with Crippen molar-refractivity contribution in [1.29, 1.82) is 0 Å². The molecular formula is C67H64F4N2O8S2. The molecule has 83 heavy (non-hydrogen) atoms. The summed E-state index contributed by atoms with van der Waals surface area (Å²) >= 11 is 2.56. The molecule has 11 rings (SSSR count). The summed E-state index contributed by atoms with van der Waals surface area (Å²) in [6.07, 6.45) is 2.99. The molecule has 2 aliphatic rings. The smallest absolute Gasteiger partial charge is 0.207 e. The minimum atomic E-state index is -0.387. The highest BCUT2D eigenvalue weighted by Crippen LogP contribution is 2.45. The number of hydrogen-bond donors (Lipinski definition) is 1. The van der Waals surface area contributed by atoms with Crippen molar-refractivity contribution in [3.05, 3.63) is 200 Å². The standard InChI is InChI=1S/C37H35F2NO4S.C30H29F2NO4S/c1-24-19-27(39)20-25(2)34(24)35(41)37-36(32-14-13-30(21-33(32)45-37)42-23-26-7-4-3-5-8-26)44-29-11-9-28(10-12-29)43-31-15-18-40(22-31)17-6-16-38;1-18-14-20(32)15-19(2)27(18)28(35)30-29(25-9-4-21(34)16-26(25)38-30)37-23-7-5-22(6-8-23)36-24-10-13-33(17-24)12-3-11-31/h3-5,7-14,19-21,31H,6,15-18,22-23H2,1-2H3;4-9,14-16,24,34H,3,10-13,17H2,1-2H3/t31-;24-/m00/s1. The number of aryl methyl sites for hydroxylation is 4. The summed E-state index contributed by atoms with van der Waals surface area (Å²) in [5, 5.41) is 11.5. The molecular weight excluding hydrogens is 1100 g/mol. The largest absolute Gasteiger partial charge is 0.508 e. The molecule has 1 N–H and O–H groups in total. The van der Waals surface area contributed by atoms with Gasteiger partial charge in [0.05, 0.1) is 13.3 Å². The molecule has 7 aromatic carbocycles. The zero-order valence-corrected chi connectivity index (χ0v) is 48.3. The summed E-state index contributed by atoms with van der Waals surface area (Å²) in [5.41, 5.74) is 4.21. The maximum Gasteiger partial charge on any atom is 0.207 e. The van der Waals surface area contributed by atoms with Crippen LogP contribution in [0.15, 0.2) is 140 Å². The van der Waals surface area contributed by atoms with Crippen molar-refractivity contribution in [2.24, 2.45) is 0 Å². The molecule has 0 saturated carbocycles. The summed E-state index contributed by atoms with van der Waals surface area (Å²) in [6.45, 7) is 11.6. The summed E-state index contributed by atoms with van der Waals surface area (Å²) in [5.74, 6) is 2.92. The van der Waals surface area contributed by atoms with E-state index in [9.17, 15) is 32.3 Å². The first-order chi connectivity index (χ1) is 40.2. The Morgan fingerprint density at radius 1 is 0.542 bits per heavy atom. The monoisotopic (exact) mass is 1160 g/mol. The van der Waals surface area contributed by atoms with Crippen molar-refractivity contribution in [2.45, 2.75) is 72.2 Å². The Morgan fingerprint density at radius 3 is 1.42 bits per heavy atom. The number of rotatable bonds is 21. The third-order valence-electron chi connectivity index (χ3n) is 14.7. The van der Waals surface area contributed by atoms with Gasteiger partial charge < -0.3 is 28.8 Å². The molecule has 4 heterocycles. The van der Waals surface area contributed by atoms with Crippen molar-refractivity contribution in [2.75, 3.05) is 52.6 Å². The van der Waals surface area contributed by atoms with E-state index in [0.29, 0.717) is 107 Å². The number of halogens is 4. The maximum absolute atomic E-state index is 14.1. The number of ketones is 2. The van der Waals surface area contributed by atoms with E-state index < -0.39 is 0 Å². The van der Waals surface area contributed by atoms with Crippen LogP contribution in [-0.2, 0) is 6.61 Å². The molecule has 2 atom stereocenters. The van der Waals surface area contributed by atoms with Gasteiger partial charge in [-0.3, -0.25) is 28.2 Å². The van der Waals surface area contributed by atoms with Crippen molar-refractivity contribution >= 4 is 54.4 Å². The van der Waals surface area contributed by atoms with E-state index in [4.69, 9.17) is 23.7 Å². The molecule has 16 heteroatoms. The minimum Gasteiger partial charge on any atom is -0.508 e. The predicted molar refractivity (Wildman–Crippen MR) is 320 cm³/mol. The van der Waals surface area contributed by atoms with Crippen LogP contribution in [0.1, 0.15) is 84.0 Å². The summed E-state index contributed by atoms with van der Waals surface area (Å²) < 4.78 is 85.6. The highest BCUT2D eigenvalue weighted by atomic mass is 32.1. The maximum atomic E-state index is 14.1. The van der Waals surface area contributed by atoms with Gasteiger partial charge in [-0.1, -0.05) is 30.3 Å². The van der Waals surface area contributed by atoms with Gasteiger partial charge in [-0.2, -0.15) is 0 Å². The van der Waals surface area contributed by atoms with Gasteiger partial charge in [0, 0.05) is 70.6 Å². The lowest BCUT2D eigenvalue weighted by Crippen LogP contribution is -2.26. The summed E-state index contributed by atoms with van der Waals surface area (Å²) in [7, 11) is 0. The topological polar surface area (TPSA) is 107 Å². The lowest BCUT2D eigenvalue weighted by molar-refractivity contribution is 0.103. The molecule has 10 nitrogen and oxygen atoms in total. The SMILES string of the molecule is Cc1cc(F)cc(C)c1C(=O)c1sc2cc(O)ccc2c1Oc1ccc(O[C@H]2CCN(CCCF)C2)cc1.Cc1cc(F)cc(C)c1C(=O)c1sc2cc(OCc3ccccc3)ccc2c1Oc1ccc(O[C@H]2CCN(CCCF)C2)cc1. The zero-order chi connectivity index (χ0) is 58.1. The van der Waals surface area contributed by atoms with Crippen LogP contribution in [0.25, 0.3) is 20.2 Å². The summed E-state index contributed by atoms with van der Waals surface area (Å²) in [6, 6.07) is 40.6. The minimum absolute atomic E-state index is 0.0567. The Kier molecular flexibility index (Phi) is 18.8. The average molecular weight is 1170 g/mol. The van der Waals surface area contributed by atoms with Crippen LogP contribution in [0.4, 0.5) is 17.6 Å². The van der Waals surface area contributed by atoms with Crippen LogP contribution < -0.4 is 23.7 Å². The van der Waals surface area contributed by atoms with Crippen molar-refractivity contribution in [3.8, 4) is 46.0 Å². The fourth-order valence-electron chi connectivity index (χ4n) is 10.8. The number of fused-ring (bicyclic) bond motifs is 2. The first-order valence-corrected chi connectivity index (χ1v) is 29.4. The van der Waals surface area contributed by atoms with Gasteiger partial charge in [0.2, 0.25) is 11.6 Å². The highest BCUT2D eigenvalue weighted by Gasteiger charge is 2.29. The molecule has 9 aromatic rings. The van der Waals surface area contributed by atoms with E-state index in [1.165, 1.54) is 46.9 Å². The molecule has 0 unspecified atom stereocenters. The van der Waals surface area contributed by atoms with E-state index in [1.54, 1.807) is 58.0 Å². The number of carbonyl (C=O) groups is 2. The first-order valence-electron chi connectivity index (χ1n) is 27.8. The van der Waals surface area contributed by atoms with Crippen LogP contribution in [0.5, 0.6) is 46.0 Å². The molecule has 0 amide bonds. The van der Waals surface area contributed by atoms with Gasteiger partial charge in [0.1, 0.15) is 74.7 Å². The van der Waals surface area contributed by atoms with Crippen LogP contribution in [0.2, 0.25) is 0 Å². The molecule has 0 radical (unpaired) electrons. The molecule has 2 aromatic heterocycles. The number of hydrogen-bond acceptors (Lipinski definition) is 12. The molecule has 2 aliphatic heterocycles. The zero-order valence-electron chi connectivity index (χ0n) is 46.7. The number of benzene rings is 7. The number of likely N-dealkylation sites (tertiary alicyclic amines) is 2. The second kappa shape index (κ2) is 26.7. The Morgan fingerprint density at radius 2 is 0.964 bits per heavy atom. The van der Waals surface area contributed by atoms with Crippen LogP contribution in [-0.4, -0.2) is 91.3 Å². The fourth-order valence-corrected chi connectivity index (χ4v) is 13.0. The molecule has 0 spiro atoms. The number of nitrogens with zero attached hydrogens (tertiary/aromatic N) is 2. The Bertz CT molecular complexity index is 3690. The van der Waals surface area contributed by atoms with Crippen molar-refractivity contribution < 1.29 is 55.9 Å². The molecule has 0 bridgehead atoms. The second-order valence-electron chi connectivity index (χ2n) is 21.0. The number of phenols is 1. The van der Waals surface area contributed by atoms with Gasteiger partial charge >= 0.3 is 0 Å². The Hall–Kier alpha value is -7.76. The van der Waals surface area contributed by atoms with Crippen LogP contribution >= 0.6 is 22.7 Å². The van der Waals surface area contributed by atoms with Crippen LogP contribution in [0, 0.1) is 39.3 Å². The number of carbonyl (C=O) groups excluding carboxylic acids is 2. The second-order valence-corrected chi connectivity index (χ2v) is 23.1. The molecule has 0 aliphatic carbocycles. The fraction of sp³-hybridized carbons (Fsp3) is 0.284. The number of phenolic OH excluding ortho intramolecular Hbond substituents is 1. The lowest BCUT2D eigenvalue weighted by atomic mass is 9.97. The summed E-state index contributed by atoms with van der Waals surface area (Å²) in [4.78, 5) is 33.0. The number of thiophene rings is 2. The molecule has 2 fully saturated rings. The number of alkyl halides is 2. The lowest BCUT2D eigenvalue weighted by Gasteiger charge is -2.16. The van der Waals surface area contributed by atoms with Crippen LogP contribution in [0.3, 0.4) is 0 Å². The van der Waals surface area contributed by atoms with Gasteiger partial charge in [-0.15, -0.1) is 22.7 Å². The Labute approximate surface area is 488 Å². The average Bonchev–Trinajstić information content (AvgIpc) is 2.81. The Balaban J connectivity index is 0.000000188. The van der Waals surface area contributed by atoms with Gasteiger partial charge in [-0.25, -0.2) is 8.78 Å². The molecule has 430 valence electrons. The number of ether oxygens (including phenoxy) is 5. The van der Waals surface area contributed by atoms with Gasteiger partial charge in [0.25, 0.3) is 0 Å². The highest BCUT2D eigenvalue weighted by molar-refractivity contribution is 7.22. The van der Waals surface area contributed by atoms with E-state index in [1.807, 2.05) is 84.9 Å². The van der Waals surface area contributed by atoms with Crippen molar-refractivity contribution in [1.82, 2.24) is 9.80 Å². The third kappa shape index (κ3) is 14.2.